The van der Waals surface area contributed by atoms with E-state index in [4.69, 9.17) is 9.47 Å². The molecule has 8 nitrogen and oxygen atoms in total. The summed E-state index contributed by atoms with van der Waals surface area (Å²) < 4.78 is 11.4. The highest BCUT2D eigenvalue weighted by molar-refractivity contribution is 6.05. The van der Waals surface area contributed by atoms with E-state index in [0.29, 0.717) is 5.57 Å². The van der Waals surface area contributed by atoms with E-state index < -0.39 is 70.9 Å². The molecule has 0 aromatic carbocycles. The van der Waals surface area contributed by atoms with E-state index in [0.717, 1.165) is 0 Å². The molecule has 29 heavy (non-hydrogen) atoms. The van der Waals surface area contributed by atoms with Crippen LogP contribution in [0.2, 0.25) is 0 Å². The molecule has 0 aromatic heterocycles. The summed E-state index contributed by atoms with van der Waals surface area (Å²) in [6, 6.07) is 0. The van der Waals surface area contributed by atoms with Crippen molar-refractivity contribution in [2.75, 3.05) is 13.7 Å². The Balaban J connectivity index is 1.98. The van der Waals surface area contributed by atoms with Gasteiger partial charge in [0.1, 0.15) is 23.4 Å². The van der Waals surface area contributed by atoms with Gasteiger partial charge in [-0.2, -0.15) is 0 Å². The lowest BCUT2D eigenvalue weighted by atomic mass is 9.54. The topological polar surface area (TPSA) is 140 Å². The Labute approximate surface area is 169 Å². The Morgan fingerprint density at radius 3 is 2.52 bits per heavy atom. The molecule has 2 saturated carbocycles. The van der Waals surface area contributed by atoms with Gasteiger partial charge >= 0.3 is 0 Å². The molecular weight excluding hydrogens is 380 g/mol. The molecule has 3 fully saturated rings. The van der Waals surface area contributed by atoms with Gasteiger partial charge in [0.05, 0.1) is 18.3 Å². The number of carbonyl (C=O) groups excluding carboxylic acids is 1. The number of ketones is 1. The highest BCUT2D eigenvalue weighted by atomic mass is 16.6. The summed E-state index contributed by atoms with van der Waals surface area (Å²) in [5.74, 6) is -3.40. The van der Waals surface area contributed by atoms with Crippen molar-refractivity contribution in [3.8, 4) is 0 Å². The number of hydrogen-bond acceptors (Lipinski definition) is 8. The highest BCUT2D eigenvalue weighted by Crippen LogP contribution is 2.65. The van der Waals surface area contributed by atoms with E-state index in [1.807, 2.05) is 0 Å². The molecule has 3 aliphatic carbocycles. The maximum absolute atomic E-state index is 12.9. The van der Waals surface area contributed by atoms with Gasteiger partial charge in [-0.3, -0.25) is 4.79 Å². The average Bonchev–Trinajstić information content (AvgIpc) is 3.36. The van der Waals surface area contributed by atoms with Crippen molar-refractivity contribution in [2.45, 2.75) is 67.9 Å². The third kappa shape index (κ3) is 2.15. The number of epoxide rings is 1. The minimum absolute atomic E-state index is 0.0798. The van der Waals surface area contributed by atoms with E-state index in [1.54, 1.807) is 13.8 Å². The van der Waals surface area contributed by atoms with E-state index >= 15 is 0 Å². The molecule has 0 amide bonds. The number of ether oxygens (including phenoxy) is 2. The number of carbonyl (C=O) groups is 1. The zero-order valence-electron chi connectivity index (χ0n) is 17.1. The Hall–Kier alpha value is -1.13. The Kier molecular flexibility index (Phi) is 4.35. The van der Waals surface area contributed by atoms with Crippen LogP contribution in [0.3, 0.4) is 0 Å². The lowest BCUT2D eigenvalue weighted by Gasteiger charge is -2.57. The summed E-state index contributed by atoms with van der Waals surface area (Å²) in [4.78, 5) is 12.9. The number of fused-ring (bicyclic) bond motifs is 5. The fourth-order valence-corrected chi connectivity index (χ4v) is 6.36. The van der Waals surface area contributed by atoms with Gasteiger partial charge in [0.15, 0.2) is 11.4 Å². The highest BCUT2D eigenvalue weighted by Gasteiger charge is 2.83. The van der Waals surface area contributed by atoms with Crippen LogP contribution in [-0.4, -0.2) is 85.7 Å². The second kappa shape index (κ2) is 5.97. The Bertz CT molecular complexity index is 809. The first-order chi connectivity index (χ1) is 13.4. The van der Waals surface area contributed by atoms with Crippen molar-refractivity contribution in [1.29, 1.82) is 0 Å². The zero-order chi connectivity index (χ0) is 21.7. The van der Waals surface area contributed by atoms with Crippen LogP contribution >= 0.6 is 0 Å². The molecule has 4 rings (SSSR count). The number of Topliss-reactive ketones (excluding diaryl/α,β-unsaturated/α-hetero) is 1. The van der Waals surface area contributed by atoms with Crippen LogP contribution in [0.1, 0.15) is 27.2 Å². The predicted molar refractivity (Wildman–Crippen MR) is 101 cm³/mol. The van der Waals surface area contributed by atoms with Gasteiger partial charge in [0.25, 0.3) is 0 Å². The van der Waals surface area contributed by atoms with Crippen molar-refractivity contribution < 1.29 is 39.8 Å². The lowest BCUT2D eigenvalue weighted by Crippen LogP contribution is -2.70. The zero-order valence-corrected chi connectivity index (χ0v) is 17.1. The molecular formula is C21H30O8. The molecule has 0 spiro atoms. The SMILES string of the molecule is C=C(C)[C@]1(O)C[C@@H](C)[C@@]2(O)[C@H]([C@H]1OC)[C@@H]1O[C@]1(CO)[C@@H](O)[C@]1(O)C(=O)C(C)=C[C@@H]12. The van der Waals surface area contributed by atoms with Crippen molar-refractivity contribution in [3.63, 3.8) is 0 Å². The van der Waals surface area contributed by atoms with Gasteiger partial charge in [-0.25, -0.2) is 0 Å². The largest absolute Gasteiger partial charge is 0.393 e. The van der Waals surface area contributed by atoms with Crippen molar-refractivity contribution in [3.05, 3.63) is 23.8 Å². The first-order valence-electron chi connectivity index (χ1n) is 9.93. The quantitative estimate of drug-likeness (QED) is 0.297. The van der Waals surface area contributed by atoms with E-state index in [1.165, 1.54) is 20.1 Å². The van der Waals surface area contributed by atoms with Crippen LogP contribution in [0.15, 0.2) is 23.8 Å². The third-order valence-corrected chi connectivity index (χ3v) is 8.07. The van der Waals surface area contributed by atoms with Gasteiger partial charge < -0.3 is 35.0 Å². The fraction of sp³-hybridized carbons (Fsp3) is 0.762. The molecule has 0 radical (unpaired) electrons. The molecule has 10 atom stereocenters. The molecule has 5 N–H and O–H groups in total. The molecule has 1 aliphatic heterocycles. The summed E-state index contributed by atoms with van der Waals surface area (Å²) in [6.07, 6.45) is -2.10. The van der Waals surface area contributed by atoms with Gasteiger partial charge in [-0.15, -0.1) is 0 Å². The van der Waals surface area contributed by atoms with Crippen LogP contribution in [0.25, 0.3) is 0 Å². The minimum Gasteiger partial charge on any atom is -0.393 e. The Morgan fingerprint density at radius 2 is 2.00 bits per heavy atom. The van der Waals surface area contributed by atoms with E-state index in [2.05, 4.69) is 6.58 Å². The van der Waals surface area contributed by atoms with Gasteiger partial charge in [-0.05, 0) is 37.3 Å². The van der Waals surface area contributed by atoms with E-state index in [-0.39, 0.29) is 12.0 Å². The number of methoxy groups -OCH3 is 1. The smallest absolute Gasteiger partial charge is 0.193 e. The number of aliphatic hydroxyl groups excluding tert-OH is 2. The summed E-state index contributed by atoms with van der Waals surface area (Å²) in [5.41, 5.74) is -6.56. The van der Waals surface area contributed by atoms with Crippen LogP contribution in [-0.2, 0) is 14.3 Å². The molecule has 0 aromatic rings. The van der Waals surface area contributed by atoms with Crippen LogP contribution in [0.4, 0.5) is 0 Å². The van der Waals surface area contributed by atoms with Crippen LogP contribution in [0, 0.1) is 17.8 Å². The number of rotatable bonds is 3. The average molecular weight is 410 g/mol. The molecule has 1 heterocycles. The van der Waals surface area contributed by atoms with Gasteiger partial charge in [0, 0.05) is 18.9 Å². The lowest BCUT2D eigenvalue weighted by molar-refractivity contribution is -0.252. The number of hydrogen-bond donors (Lipinski definition) is 5. The van der Waals surface area contributed by atoms with Gasteiger partial charge in [0.2, 0.25) is 0 Å². The second-order valence-corrected chi connectivity index (χ2v) is 9.42. The first-order valence-corrected chi connectivity index (χ1v) is 9.93. The van der Waals surface area contributed by atoms with Crippen LogP contribution in [0.5, 0.6) is 0 Å². The summed E-state index contributed by atoms with van der Waals surface area (Å²) >= 11 is 0. The predicted octanol–water partition coefficient (Wildman–Crippen LogP) is -0.924. The molecule has 1 saturated heterocycles. The summed E-state index contributed by atoms with van der Waals surface area (Å²) in [7, 11) is 1.40. The summed E-state index contributed by atoms with van der Waals surface area (Å²) in [6.45, 7) is 8.14. The van der Waals surface area contributed by atoms with Crippen molar-refractivity contribution in [2.24, 2.45) is 17.8 Å². The molecule has 8 heteroatoms. The fourth-order valence-electron chi connectivity index (χ4n) is 6.36. The van der Waals surface area contributed by atoms with E-state index in [9.17, 15) is 30.3 Å². The maximum Gasteiger partial charge on any atom is 0.193 e. The monoisotopic (exact) mass is 410 g/mol. The second-order valence-electron chi connectivity index (χ2n) is 9.42. The minimum atomic E-state index is -2.35. The Morgan fingerprint density at radius 1 is 1.38 bits per heavy atom. The molecule has 4 aliphatic rings. The van der Waals surface area contributed by atoms with Crippen LogP contribution < -0.4 is 0 Å². The normalized spacial score (nSPS) is 56.0. The summed E-state index contributed by atoms with van der Waals surface area (Å²) in [5, 5.41) is 56.2. The first kappa shape index (κ1) is 21.1. The standard InChI is InChI=1S/C21H30O8/c1-9(2)18(25)7-11(4)20(26)12-6-10(3)14(23)21(12,27)17(24)19(8-22)16(29-19)13(20)15(18)28-5/h6,11-13,15-17,22,24-27H,1,7-8H2,2-5H3/t11-,12-,13-,15-,16+,17-,18-,19+,20+,21-/m1/s1. The van der Waals surface area contributed by atoms with Crippen molar-refractivity contribution in [1.82, 2.24) is 0 Å². The maximum atomic E-state index is 12.9. The third-order valence-electron chi connectivity index (χ3n) is 8.07. The molecule has 0 unspecified atom stereocenters. The van der Waals surface area contributed by atoms with Crippen molar-refractivity contribution >= 4 is 5.78 Å². The molecule has 0 bridgehead atoms. The number of aliphatic hydroxyl groups is 5. The molecule has 162 valence electrons. The van der Waals surface area contributed by atoms with Gasteiger partial charge in [-0.1, -0.05) is 19.6 Å².